The van der Waals surface area contributed by atoms with E-state index >= 15 is 0 Å². The molecule has 8 nitrogen and oxygen atoms in total. The second-order valence-electron chi connectivity index (χ2n) is 8.73. The van der Waals surface area contributed by atoms with Crippen LogP contribution >= 0.6 is 0 Å². The molecule has 0 saturated heterocycles. The number of nitrogens with one attached hydrogen (secondary N) is 2. The van der Waals surface area contributed by atoms with E-state index < -0.39 is 5.41 Å². The lowest BCUT2D eigenvalue weighted by atomic mass is 9.85. The Morgan fingerprint density at radius 1 is 0.914 bits per heavy atom. The molecule has 0 unspecified atom stereocenters. The monoisotopic (exact) mass is 473 g/mol. The number of aromatic nitrogens is 2. The fourth-order valence-corrected chi connectivity index (χ4v) is 3.67. The summed E-state index contributed by atoms with van der Waals surface area (Å²) in [5, 5.41) is 10.6. The average molecular weight is 474 g/mol. The zero-order valence-electron chi connectivity index (χ0n) is 20.0. The van der Waals surface area contributed by atoms with Crippen LogP contribution in [0.25, 0.3) is 10.9 Å². The highest BCUT2D eigenvalue weighted by molar-refractivity contribution is 6.04. The van der Waals surface area contributed by atoms with Gasteiger partial charge < -0.3 is 19.5 Å². The molecule has 4 rings (SSSR count). The van der Waals surface area contributed by atoms with Gasteiger partial charge in [0.05, 0.1) is 31.5 Å². The van der Waals surface area contributed by atoms with Crippen LogP contribution in [-0.4, -0.2) is 42.9 Å². The molecule has 0 aliphatic heterocycles. The Hall–Kier alpha value is -4.33. The van der Waals surface area contributed by atoms with Crippen molar-refractivity contribution < 1.29 is 23.8 Å². The predicted molar refractivity (Wildman–Crippen MR) is 133 cm³/mol. The maximum Gasteiger partial charge on any atom is 0.338 e. The Morgan fingerprint density at radius 3 is 2.34 bits per heavy atom. The van der Waals surface area contributed by atoms with Crippen LogP contribution in [-0.2, 0) is 10.2 Å². The highest BCUT2D eigenvalue weighted by atomic mass is 16.5. The zero-order chi connectivity index (χ0) is 25.0. The van der Waals surface area contributed by atoms with Crippen LogP contribution in [0.15, 0.2) is 66.9 Å². The molecule has 1 amide bonds. The minimum Gasteiger partial charge on any atom is -0.493 e. The van der Waals surface area contributed by atoms with E-state index in [0.717, 1.165) is 16.5 Å². The fourth-order valence-electron chi connectivity index (χ4n) is 3.67. The van der Waals surface area contributed by atoms with Gasteiger partial charge in [0.15, 0.2) is 11.5 Å². The second kappa shape index (κ2) is 9.89. The molecule has 0 fully saturated rings. The van der Waals surface area contributed by atoms with E-state index in [2.05, 4.69) is 15.5 Å². The van der Waals surface area contributed by atoms with E-state index in [4.69, 9.17) is 14.2 Å². The van der Waals surface area contributed by atoms with Crippen molar-refractivity contribution in [2.24, 2.45) is 0 Å². The molecule has 3 aromatic carbocycles. The first-order valence-electron chi connectivity index (χ1n) is 11.0. The lowest BCUT2D eigenvalue weighted by molar-refractivity contribution is 0.0427. The average Bonchev–Trinajstić information content (AvgIpc) is 3.35. The van der Waals surface area contributed by atoms with Crippen molar-refractivity contribution in [2.45, 2.75) is 19.3 Å². The molecule has 180 valence electrons. The number of anilines is 1. The third-order valence-corrected chi connectivity index (χ3v) is 5.81. The van der Waals surface area contributed by atoms with E-state index in [-0.39, 0.29) is 18.5 Å². The first-order valence-corrected chi connectivity index (χ1v) is 11.0. The van der Waals surface area contributed by atoms with Crippen molar-refractivity contribution in [3.05, 3.63) is 83.6 Å². The summed E-state index contributed by atoms with van der Waals surface area (Å²) in [6.07, 6.45) is 1.67. The Labute approximate surface area is 203 Å². The number of ether oxygens (including phenoxy) is 3. The van der Waals surface area contributed by atoms with E-state index in [1.54, 1.807) is 49.7 Å². The smallest absolute Gasteiger partial charge is 0.338 e. The summed E-state index contributed by atoms with van der Waals surface area (Å²) in [6, 6.07) is 17.7. The van der Waals surface area contributed by atoms with Gasteiger partial charge in [-0.1, -0.05) is 26.0 Å². The summed E-state index contributed by atoms with van der Waals surface area (Å²) in [7, 11) is 3.07. The molecular formula is C27H27N3O5. The molecule has 4 aromatic rings. The van der Waals surface area contributed by atoms with Gasteiger partial charge in [-0.25, -0.2) is 4.79 Å². The number of carbonyl (C=O) groups is 2. The zero-order valence-corrected chi connectivity index (χ0v) is 20.0. The van der Waals surface area contributed by atoms with Crippen molar-refractivity contribution in [1.29, 1.82) is 0 Å². The maximum absolute atomic E-state index is 12.7. The molecule has 1 heterocycles. The van der Waals surface area contributed by atoms with Crippen molar-refractivity contribution >= 4 is 28.5 Å². The van der Waals surface area contributed by atoms with Crippen LogP contribution in [0.2, 0.25) is 0 Å². The molecule has 0 radical (unpaired) electrons. The molecular weight excluding hydrogens is 446 g/mol. The Balaban J connectivity index is 1.38. The molecule has 8 heteroatoms. The highest BCUT2D eigenvalue weighted by Gasteiger charge is 2.24. The largest absolute Gasteiger partial charge is 0.493 e. The maximum atomic E-state index is 12.7. The number of nitrogens with zero attached hydrogens (tertiary/aromatic N) is 1. The van der Waals surface area contributed by atoms with Gasteiger partial charge in [0, 0.05) is 22.1 Å². The number of amides is 1. The third kappa shape index (κ3) is 5.27. The minimum atomic E-state index is -0.429. The Kier molecular flexibility index (Phi) is 6.73. The van der Waals surface area contributed by atoms with Crippen molar-refractivity contribution in [3.8, 4) is 11.5 Å². The summed E-state index contributed by atoms with van der Waals surface area (Å²) in [4.78, 5) is 25.2. The van der Waals surface area contributed by atoms with Crippen LogP contribution in [0.5, 0.6) is 11.5 Å². The van der Waals surface area contributed by atoms with Crippen LogP contribution in [0, 0.1) is 0 Å². The van der Waals surface area contributed by atoms with E-state index in [1.165, 1.54) is 7.11 Å². The van der Waals surface area contributed by atoms with Gasteiger partial charge in [-0.2, -0.15) is 5.10 Å². The molecule has 35 heavy (non-hydrogen) atoms. The molecule has 0 saturated carbocycles. The van der Waals surface area contributed by atoms with E-state index in [0.29, 0.717) is 28.3 Å². The summed E-state index contributed by atoms with van der Waals surface area (Å²) in [5.74, 6) is 0.385. The summed E-state index contributed by atoms with van der Waals surface area (Å²) in [5.41, 5.74) is 2.98. The number of aromatic amines is 1. The molecule has 0 bridgehead atoms. The number of hydrogen-bond donors (Lipinski definition) is 2. The minimum absolute atomic E-state index is 0.201. The number of hydrogen-bond acceptors (Lipinski definition) is 6. The third-order valence-electron chi connectivity index (χ3n) is 5.81. The molecule has 2 N–H and O–H groups in total. The number of carbonyl (C=O) groups excluding carboxylic acids is 2. The van der Waals surface area contributed by atoms with Crippen LogP contribution in [0.1, 0.15) is 40.1 Å². The quantitative estimate of drug-likeness (QED) is 0.351. The highest BCUT2D eigenvalue weighted by Crippen LogP contribution is 2.29. The Bertz CT molecular complexity index is 1360. The number of fused-ring (bicyclic) bond motifs is 1. The van der Waals surface area contributed by atoms with Gasteiger partial charge in [-0.3, -0.25) is 9.89 Å². The normalized spacial score (nSPS) is 11.2. The van der Waals surface area contributed by atoms with E-state index in [1.807, 2.05) is 38.1 Å². The first kappa shape index (κ1) is 23.8. The summed E-state index contributed by atoms with van der Waals surface area (Å²) in [6.45, 7) is 4.19. The van der Waals surface area contributed by atoms with Gasteiger partial charge in [0.2, 0.25) is 0 Å². The first-order chi connectivity index (χ1) is 16.8. The van der Waals surface area contributed by atoms with Crippen LogP contribution < -0.4 is 14.8 Å². The van der Waals surface area contributed by atoms with Crippen LogP contribution in [0.3, 0.4) is 0 Å². The number of methoxy groups -OCH3 is 2. The molecule has 0 spiro atoms. The van der Waals surface area contributed by atoms with Crippen LogP contribution in [0.4, 0.5) is 5.69 Å². The molecule has 0 atom stereocenters. The summed E-state index contributed by atoms with van der Waals surface area (Å²) < 4.78 is 16.1. The number of rotatable bonds is 8. The molecule has 0 aliphatic carbocycles. The second-order valence-corrected chi connectivity index (χ2v) is 8.73. The molecule has 0 aliphatic rings. The number of H-pyrrole nitrogens is 1. The number of esters is 1. The summed E-state index contributed by atoms with van der Waals surface area (Å²) >= 11 is 0. The van der Waals surface area contributed by atoms with Crippen molar-refractivity contribution in [2.75, 3.05) is 26.1 Å². The van der Waals surface area contributed by atoms with Crippen molar-refractivity contribution in [3.63, 3.8) is 0 Å². The SMILES string of the molecule is COc1ccc(C(=O)Nc2ccc(C(C)(C)COC(=O)c3ccc4[nH]ncc4c3)cc2)cc1OC. The standard InChI is InChI=1S/C27H27N3O5/c1-27(2,16-35-26(32)18-5-11-22-19(13-18)15-28-30-22)20-7-9-21(10-8-20)29-25(31)17-6-12-23(33-3)24(14-17)34-4/h5-15H,16H2,1-4H3,(H,28,30)(H,29,31). The molecule has 1 aromatic heterocycles. The van der Waals surface area contributed by atoms with E-state index in [9.17, 15) is 9.59 Å². The van der Waals surface area contributed by atoms with Gasteiger partial charge in [0.25, 0.3) is 5.91 Å². The lowest BCUT2D eigenvalue weighted by Gasteiger charge is -2.25. The number of benzene rings is 3. The van der Waals surface area contributed by atoms with Gasteiger partial charge in [-0.05, 0) is 54.1 Å². The predicted octanol–water partition coefficient (Wildman–Crippen LogP) is 4.97. The Morgan fingerprint density at radius 2 is 1.63 bits per heavy atom. The van der Waals surface area contributed by atoms with Crippen molar-refractivity contribution in [1.82, 2.24) is 10.2 Å². The lowest BCUT2D eigenvalue weighted by Crippen LogP contribution is -2.26. The topological polar surface area (TPSA) is 103 Å². The van der Waals surface area contributed by atoms with Gasteiger partial charge >= 0.3 is 5.97 Å². The van der Waals surface area contributed by atoms with Gasteiger partial charge in [0.1, 0.15) is 6.61 Å². The fraction of sp³-hybridized carbons (Fsp3) is 0.222. The van der Waals surface area contributed by atoms with Gasteiger partial charge in [-0.15, -0.1) is 0 Å².